The fourth-order valence-corrected chi connectivity index (χ4v) is 3.06. The summed E-state index contributed by atoms with van der Waals surface area (Å²) >= 11 is 0. The van der Waals surface area contributed by atoms with Gasteiger partial charge in [0.15, 0.2) is 5.69 Å². The molecule has 1 aliphatic heterocycles. The molecule has 6 heteroatoms. The number of benzene rings is 1. The second kappa shape index (κ2) is 7.96. The number of nitrogens with one attached hydrogen (secondary N) is 1. The number of aromatic nitrogens is 2. The molecule has 6 nitrogen and oxygen atoms in total. The Kier molecular flexibility index (Phi) is 5.48. The first-order valence-electron chi connectivity index (χ1n) is 8.80. The van der Waals surface area contributed by atoms with E-state index < -0.39 is 0 Å². The van der Waals surface area contributed by atoms with Crippen molar-refractivity contribution in [2.45, 2.75) is 32.1 Å². The van der Waals surface area contributed by atoms with Crippen LogP contribution in [0.2, 0.25) is 0 Å². The SMILES string of the molecule is Cn1nc(C(=O)N2CCCCC2)cc1NC(=O)CCc1ccccc1. The number of hydrogen-bond acceptors (Lipinski definition) is 3. The number of anilines is 1. The average molecular weight is 340 g/mol. The van der Waals surface area contributed by atoms with Gasteiger partial charge in [-0.05, 0) is 31.2 Å². The van der Waals surface area contributed by atoms with E-state index in [4.69, 9.17) is 0 Å². The molecule has 0 radical (unpaired) electrons. The van der Waals surface area contributed by atoms with Crippen LogP contribution in [0.25, 0.3) is 0 Å². The maximum atomic E-state index is 12.5. The number of nitrogens with zero attached hydrogens (tertiary/aromatic N) is 3. The molecule has 1 saturated heterocycles. The Morgan fingerprint density at radius 1 is 1.12 bits per heavy atom. The van der Waals surface area contributed by atoms with Crippen LogP contribution in [0.5, 0.6) is 0 Å². The maximum absolute atomic E-state index is 12.5. The van der Waals surface area contributed by atoms with E-state index in [1.807, 2.05) is 35.2 Å². The lowest BCUT2D eigenvalue weighted by Crippen LogP contribution is -2.35. The lowest BCUT2D eigenvalue weighted by molar-refractivity contribution is -0.116. The van der Waals surface area contributed by atoms with Crippen LogP contribution in [-0.2, 0) is 18.3 Å². The average Bonchev–Trinajstić information content (AvgIpc) is 3.01. The van der Waals surface area contributed by atoms with Crippen molar-refractivity contribution < 1.29 is 9.59 Å². The molecule has 1 aliphatic rings. The number of hydrogen-bond donors (Lipinski definition) is 1. The first-order valence-corrected chi connectivity index (χ1v) is 8.80. The summed E-state index contributed by atoms with van der Waals surface area (Å²) in [6.45, 7) is 1.57. The van der Waals surface area contributed by atoms with Gasteiger partial charge in [-0.3, -0.25) is 14.3 Å². The minimum atomic E-state index is -0.0798. The molecule has 0 spiro atoms. The molecule has 2 heterocycles. The summed E-state index contributed by atoms with van der Waals surface area (Å²) in [6, 6.07) is 11.6. The Labute approximate surface area is 147 Å². The number of likely N-dealkylation sites (tertiary alicyclic amines) is 1. The molecular weight excluding hydrogens is 316 g/mol. The molecule has 1 aromatic heterocycles. The van der Waals surface area contributed by atoms with Gasteiger partial charge in [-0.15, -0.1) is 0 Å². The predicted octanol–water partition coefficient (Wildman–Crippen LogP) is 2.62. The van der Waals surface area contributed by atoms with Crippen LogP contribution in [0.4, 0.5) is 5.82 Å². The summed E-state index contributed by atoms with van der Waals surface area (Å²) in [7, 11) is 1.74. The van der Waals surface area contributed by atoms with Gasteiger partial charge in [0.2, 0.25) is 5.91 Å². The molecule has 2 amide bonds. The zero-order chi connectivity index (χ0) is 17.6. The van der Waals surface area contributed by atoms with Gasteiger partial charge in [0, 0.05) is 32.6 Å². The summed E-state index contributed by atoms with van der Waals surface area (Å²) in [5.41, 5.74) is 1.52. The minimum absolute atomic E-state index is 0.0555. The molecule has 0 bridgehead atoms. The topological polar surface area (TPSA) is 67.2 Å². The van der Waals surface area contributed by atoms with Crippen molar-refractivity contribution in [1.82, 2.24) is 14.7 Å². The van der Waals surface area contributed by atoms with Crippen molar-refractivity contribution in [1.29, 1.82) is 0 Å². The van der Waals surface area contributed by atoms with Crippen molar-refractivity contribution in [3.63, 3.8) is 0 Å². The van der Waals surface area contributed by atoms with Crippen LogP contribution in [0, 0.1) is 0 Å². The summed E-state index contributed by atoms with van der Waals surface area (Å²) in [5, 5.41) is 7.12. The van der Waals surface area contributed by atoms with Crippen LogP contribution < -0.4 is 5.32 Å². The van der Waals surface area contributed by atoms with Gasteiger partial charge in [0.05, 0.1) is 0 Å². The van der Waals surface area contributed by atoms with Crippen molar-refractivity contribution in [2.75, 3.05) is 18.4 Å². The smallest absolute Gasteiger partial charge is 0.274 e. The molecule has 25 heavy (non-hydrogen) atoms. The van der Waals surface area contributed by atoms with Gasteiger partial charge in [-0.1, -0.05) is 30.3 Å². The lowest BCUT2D eigenvalue weighted by Gasteiger charge is -2.25. The zero-order valence-electron chi connectivity index (χ0n) is 14.6. The van der Waals surface area contributed by atoms with E-state index >= 15 is 0 Å². The van der Waals surface area contributed by atoms with Crippen molar-refractivity contribution in [3.8, 4) is 0 Å². The zero-order valence-corrected chi connectivity index (χ0v) is 14.6. The highest BCUT2D eigenvalue weighted by Crippen LogP contribution is 2.16. The Bertz CT molecular complexity index is 733. The molecule has 0 atom stereocenters. The van der Waals surface area contributed by atoms with Gasteiger partial charge < -0.3 is 10.2 Å². The Morgan fingerprint density at radius 3 is 2.56 bits per heavy atom. The van der Waals surface area contributed by atoms with Gasteiger partial charge in [-0.25, -0.2) is 0 Å². The predicted molar refractivity (Wildman–Crippen MR) is 96.4 cm³/mol. The normalized spacial score (nSPS) is 14.4. The molecule has 1 N–H and O–H groups in total. The largest absolute Gasteiger partial charge is 0.337 e. The molecule has 0 aliphatic carbocycles. The maximum Gasteiger partial charge on any atom is 0.274 e. The molecule has 1 aromatic carbocycles. The lowest BCUT2D eigenvalue weighted by atomic mass is 10.1. The number of amides is 2. The standard InChI is InChI=1S/C19H24N4O2/c1-22-17(20-18(24)11-10-15-8-4-2-5-9-15)14-16(21-22)19(25)23-12-6-3-7-13-23/h2,4-5,8-9,14H,3,6-7,10-13H2,1H3,(H,20,24). The highest BCUT2D eigenvalue weighted by atomic mass is 16.2. The summed E-state index contributed by atoms with van der Waals surface area (Å²) in [4.78, 5) is 26.5. The van der Waals surface area contributed by atoms with E-state index in [-0.39, 0.29) is 11.8 Å². The van der Waals surface area contributed by atoms with Crippen LogP contribution in [0.3, 0.4) is 0 Å². The third kappa shape index (κ3) is 4.47. The van der Waals surface area contributed by atoms with Crippen LogP contribution in [0.15, 0.2) is 36.4 Å². The monoisotopic (exact) mass is 340 g/mol. The molecule has 0 saturated carbocycles. The van der Waals surface area contributed by atoms with Gasteiger partial charge in [-0.2, -0.15) is 5.10 Å². The molecular formula is C19H24N4O2. The molecule has 1 fully saturated rings. The van der Waals surface area contributed by atoms with E-state index in [1.54, 1.807) is 17.8 Å². The first-order chi connectivity index (χ1) is 12.1. The summed E-state index contributed by atoms with van der Waals surface area (Å²) in [5.74, 6) is 0.419. The van der Waals surface area contributed by atoms with Crippen molar-refractivity contribution in [2.24, 2.45) is 7.05 Å². The van der Waals surface area contributed by atoms with Gasteiger partial charge in [0.25, 0.3) is 5.91 Å². The van der Waals surface area contributed by atoms with E-state index in [0.29, 0.717) is 24.4 Å². The number of carbonyl (C=O) groups excluding carboxylic acids is 2. The van der Waals surface area contributed by atoms with Crippen molar-refractivity contribution >= 4 is 17.6 Å². The van der Waals surface area contributed by atoms with Crippen LogP contribution in [0.1, 0.15) is 41.7 Å². The highest BCUT2D eigenvalue weighted by molar-refractivity contribution is 5.95. The Hall–Kier alpha value is -2.63. The Morgan fingerprint density at radius 2 is 1.84 bits per heavy atom. The number of rotatable bonds is 5. The van der Waals surface area contributed by atoms with Gasteiger partial charge >= 0.3 is 0 Å². The molecule has 0 unspecified atom stereocenters. The molecule has 2 aromatic rings. The summed E-state index contributed by atoms with van der Waals surface area (Å²) in [6.07, 6.45) is 4.34. The van der Waals surface area contributed by atoms with E-state index in [9.17, 15) is 9.59 Å². The van der Waals surface area contributed by atoms with Crippen LogP contribution >= 0.6 is 0 Å². The van der Waals surface area contributed by atoms with E-state index in [2.05, 4.69) is 10.4 Å². The molecule has 132 valence electrons. The number of piperidine rings is 1. The third-order valence-corrected chi connectivity index (χ3v) is 4.49. The van der Waals surface area contributed by atoms with Crippen molar-refractivity contribution in [3.05, 3.63) is 47.7 Å². The fourth-order valence-electron chi connectivity index (χ4n) is 3.06. The number of carbonyl (C=O) groups is 2. The van der Waals surface area contributed by atoms with E-state index in [1.165, 1.54) is 6.42 Å². The van der Waals surface area contributed by atoms with E-state index in [0.717, 1.165) is 31.5 Å². The summed E-state index contributed by atoms with van der Waals surface area (Å²) < 4.78 is 1.55. The minimum Gasteiger partial charge on any atom is -0.337 e. The first kappa shape index (κ1) is 17.2. The van der Waals surface area contributed by atoms with Gasteiger partial charge in [0.1, 0.15) is 5.82 Å². The third-order valence-electron chi connectivity index (χ3n) is 4.49. The Balaban J connectivity index is 1.58. The second-order valence-corrected chi connectivity index (χ2v) is 6.43. The van der Waals surface area contributed by atoms with Crippen LogP contribution in [-0.4, -0.2) is 39.6 Å². The second-order valence-electron chi connectivity index (χ2n) is 6.43. The number of aryl methyl sites for hydroxylation is 2. The highest BCUT2D eigenvalue weighted by Gasteiger charge is 2.21. The fraction of sp³-hybridized carbons (Fsp3) is 0.421. The molecule has 3 rings (SSSR count). The quantitative estimate of drug-likeness (QED) is 0.910.